The molecule has 0 spiro atoms. The van der Waals surface area contributed by atoms with Crippen molar-refractivity contribution in [1.82, 2.24) is 0 Å². The van der Waals surface area contributed by atoms with Crippen LogP contribution in [0, 0.1) is 11.3 Å². The average Bonchev–Trinajstić information content (AvgIpc) is 2.52. The lowest BCUT2D eigenvalue weighted by Crippen LogP contribution is -2.14. The maximum atomic E-state index is 12.1. The molecule has 0 radical (unpaired) electrons. The van der Waals surface area contributed by atoms with Crippen LogP contribution in [-0.2, 0) is 21.4 Å². The van der Waals surface area contributed by atoms with E-state index in [0.29, 0.717) is 5.56 Å². The molecule has 2 aromatic carbocycles. The lowest BCUT2D eigenvalue weighted by Gasteiger charge is -2.10. The molecule has 6 nitrogen and oxygen atoms in total. The number of nitrogens with one attached hydrogen (secondary N) is 1. The Hall–Kier alpha value is -2.85. The predicted molar refractivity (Wildman–Crippen MR) is 85.2 cm³/mol. The molecule has 0 fully saturated rings. The van der Waals surface area contributed by atoms with E-state index in [1.165, 1.54) is 12.1 Å². The van der Waals surface area contributed by atoms with E-state index in [1.807, 2.05) is 6.07 Å². The fourth-order valence-electron chi connectivity index (χ4n) is 1.85. The van der Waals surface area contributed by atoms with Crippen LogP contribution >= 0.6 is 0 Å². The Morgan fingerprint density at radius 2 is 1.83 bits per heavy atom. The average molecular weight is 330 g/mol. The Morgan fingerprint density at radius 1 is 1.17 bits per heavy atom. The van der Waals surface area contributed by atoms with Gasteiger partial charge in [-0.2, -0.15) is 5.26 Å². The van der Waals surface area contributed by atoms with Gasteiger partial charge in [0.05, 0.1) is 29.1 Å². The van der Waals surface area contributed by atoms with E-state index < -0.39 is 16.0 Å². The molecule has 0 aliphatic rings. The molecule has 0 aliphatic carbocycles. The monoisotopic (exact) mass is 330 g/mol. The summed E-state index contributed by atoms with van der Waals surface area (Å²) in [6.45, 7) is 0.0255. The molecule has 0 saturated carbocycles. The number of para-hydroxylation sites is 1. The highest BCUT2D eigenvalue weighted by Crippen LogP contribution is 2.18. The molecule has 2 rings (SSSR count). The van der Waals surface area contributed by atoms with Crippen LogP contribution in [0.15, 0.2) is 48.5 Å². The molecule has 7 heteroatoms. The largest absolute Gasteiger partial charge is 0.457 e. The van der Waals surface area contributed by atoms with Gasteiger partial charge in [-0.25, -0.2) is 13.2 Å². The van der Waals surface area contributed by atoms with Crippen LogP contribution in [0.3, 0.4) is 0 Å². The number of carbonyl (C=O) groups excluding carboxylic acids is 1. The van der Waals surface area contributed by atoms with E-state index in [4.69, 9.17) is 10.00 Å². The van der Waals surface area contributed by atoms with E-state index >= 15 is 0 Å². The van der Waals surface area contributed by atoms with E-state index in [0.717, 1.165) is 11.8 Å². The van der Waals surface area contributed by atoms with Crippen LogP contribution in [0.4, 0.5) is 5.69 Å². The Morgan fingerprint density at radius 3 is 2.43 bits per heavy atom. The molecular weight excluding hydrogens is 316 g/mol. The molecule has 0 heterocycles. The number of carbonyl (C=O) groups is 1. The fourth-order valence-corrected chi connectivity index (χ4v) is 2.43. The minimum Gasteiger partial charge on any atom is -0.457 e. The number of benzene rings is 2. The molecule has 1 N–H and O–H groups in total. The quantitative estimate of drug-likeness (QED) is 0.848. The maximum absolute atomic E-state index is 12.1. The summed E-state index contributed by atoms with van der Waals surface area (Å²) >= 11 is 0. The van der Waals surface area contributed by atoms with Gasteiger partial charge < -0.3 is 4.74 Å². The molecular formula is C16H14N2O4S. The Bertz CT molecular complexity index is 852. The highest BCUT2D eigenvalue weighted by atomic mass is 32.2. The SMILES string of the molecule is CS(=O)(=O)Nc1ccccc1C(=O)OCc1ccc(C#N)cc1. The summed E-state index contributed by atoms with van der Waals surface area (Å²) < 4.78 is 30.1. The third-order valence-electron chi connectivity index (χ3n) is 2.90. The molecule has 0 aromatic heterocycles. The minimum atomic E-state index is -3.50. The van der Waals surface area contributed by atoms with Gasteiger partial charge in [0.15, 0.2) is 0 Å². The second-order valence-corrected chi connectivity index (χ2v) is 6.55. The molecule has 0 unspecified atom stereocenters. The minimum absolute atomic E-state index is 0.0255. The van der Waals surface area contributed by atoms with Gasteiger partial charge in [-0.1, -0.05) is 24.3 Å². The molecule has 0 bridgehead atoms. The van der Waals surface area contributed by atoms with Gasteiger partial charge >= 0.3 is 5.97 Å². The van der Waals surface area contributed by atoms with Crippen molar-refractivity contribution in [3.63, 3.8) is 0 Å². The zero-order chi connectivity index (χ0) is 16.9. The third kappa shape index (κ3) is 4.83. The summed E-state index contributed by atoms with van der Waals surface area (Å²) in [6.07, 6.45) is 1.01. The maximum Gasteiger partial charge on any atom is 0.340 e. The molecule has 118 valence electrons. The molecule has 0 saturated heterocycles. The predicted octanol–water partition coefficient (Wildman–Crippen LogP) is 2.29. The summed E-state index contributed by atoms with van der Waals surface area (Å²) in [5.41, 5.74) is 1.54. The van der Waals surface area contributed by atoms with E-state index in [9.17, 15) is 13.2 Å². The molecule has 0 aliphatic heterocycles. The molecule has 0 amide bonds. The number of nitriles is 1. The van der Waals surface area contributed by atoms with Crippen LogP contribution in [0.25, 0.3) is 0 Å². The van der Waals surface area contributed by atoms with Gasteiger partial charge in [-0.05, 0) is 29.8 Å². The summed E-state index contributed by atoms with van der Waals surface area (Å²) in [5.74, 6) is -0.638. The van der Waals surface area contributed by atoms with Gasteiger partial charge in [0.2, 0.25) is 10.0 Å². The number of rotatable bonds is 5. The lowest BCUT2D eigenvalue weighted by molar-refractivity contribution is 0.0474. The number of ether oxygens (including phenoxy) is 1. The second-order valence-electron chi connectivity index (χ2n) is 4.80. The number of hydrogen-bond acceptors (Lipinski definition) is 5. The van der Waals surface area contributed by atoms with E-state index in [2.05, 4.69) is 4.72 Å². The smallest absolute Gasteiger partial charge is 0.340 e. The lowest BCUT2D eigenvalue weighted by atomic mass is 10.1. The zero-order valence-corrected chi connectivity index (χ0v) is 13.1. The molecule has 2 aromatic rings. The van der Waals surface area contributed by atoms with Crippen molar-refractivity contribution in [1.29, 1.82) is 5.26 Å². The number of sulfonamides is 1. The summed E-state index contributed by atoms with van der Waals surface area (Å²) in [6, 6.07) is 14.8. The van der Waals surface area contributed by atoms with Crippen LogP contribution in [0.1, 0.15) is 21.5 Å². The standard InChI is InChI=1S/C16H14N2O4S/c1-23(20,21)18-15-5-3-2-4-14(15)16(19)22-11-13-8-6-12(10-17)7-9-13/h2-9,18H,11H2,1H3. The number of hydrogen-bond donors (Lipinski definition) is 1. The summed E-state index contributed by atoms with van der Waals surface area (Å²) in [5, 5.41) is 8.73. The highest BCUT2D eigenvalue weighted by Gasteiger charge is 2.15. The van der Waals surface area contributed by atoms with Crippen molar-refractivity contribution in [2.24, 2.45) is 0 Å². The Labute approximate surface area is 134 Å². The first-order valence-corrected chi connectivity index (χ1v) is 8.51. The summed E-state index contributed by atoms with van der Waals surface area (Å²) in [4.78, 5) is 12.1. The highest BCUT2D eigenvalue weighted by molar-refractivity contribution is 7.92. The van der Waals surface area contributed by atoms with Crippen LogP contribution < -0.4 is 4.72 Å². The van der Waals surface area contributed by atoms with Gasteiger partial charge in [-0.15, -0.1) is 0 Å². The topological polar surface area (TPSA) is 96.3 Å². The Balaban J connectivity index is 2.10. The van der Waals surface area contributed by atoms with Gasteiger partial charge in [0.1, 0.15) is 6.61 Å². The van der Waals surface area contributed by atoms with Gasteiger partial charge in [-0.3, -0.25) is 4.72 Å². The van der Waals surface area contributed by atoms with Crippen LogP contribution in [0.2, 0.25) is 0 Å². The Kier molecular flexibility index (Phi) is 4.98. The summed E-state index contributed by atoms with van der Waals surface area (Å²) in [7, 11) is -3.50. The molecule has 0 atom stereocenters. The van der Waals surface area contributed by atoms with Crippen molar-refractivity contribution < 1.29 is 17.9 Å². The normalized spacial score (nSPS) is 10.6. The first-order valence-electron chi connectivity index (χ1n) is 6.62. The van der Waals surface area contributed by atoms with Crippen molar-refractivity contribution in [3.05, 3.63) is 65.2 Å². The van der Waals surface area contributed by atoms with Crippen LogP contribution in [-0.4, -0.2) is 20.6 Å². The van der Waals surface area contributed by atoms with Gasteiger partial charge in [0, 0.05) is 0 Å². The second kappa shape index (κ2) is 6.94. The van der Waals surface area contributed by atoms with Crippen molar-refractivity contribution in [2.75, 3.05) is 11.0 Å². The molecule has 23 heavy (non-hydrogen) atoms. The van der Waals surface area contributed by atoms with E-state index in [1.54, 1.807) is 36.4 Å². The first-order chi connectivity index (χ1) is 10.9. The number of nitrogens with zero attached hydrogens (tertiary/aromatic N) is 1. The zero-order valence-electron chi connectivity index (χ0n) is 12.3. The first kappa shape index (κ1) is 16.5. The van der Waals surface area contributed by atoms with Crippen molar-refractivity contribution >= 4 is 21.7 Å². The third-order valence-corrected chi connectivity index (χ3v) is 3.49. The van der Waals surface area contributed by atoms with Crippen LogP contribution in [0.5, 0.6) is 0 Å². The van der Waals surface area contributed by atoms with Gasteiger partial charge in [0.25, 0.3) is 0 Å². The van der Waals surface area contributed by atoms with Crippen molar-refractivity contribution in [3.8, 4) is 6.07 Å². The van der Waals surface area contributed by atoms with Crippen molar-refractivity contribution in [2.45, 2.75) is 6.61 Å². The number of anilines is 1. The van der Waals surface area contributed by atoms with E-state index in [-0.39, 0.29) is 17.9 Å². The number of esters is 1. The fraction of sp³-hybridized carbons (Fsp3) is 0.125.